The highest BCUT2D eigenvalue weighted by molar-refractivity contribution is 5.06. The maximum atomic E-state index is 12.4. The molecule has 2 N–H and O–H groups in total. The normalized spacial score (nSPS) is 14.9. The third kappa shape index (κ3) is 10.3. The minimum atomic E-state index is -0.150. The van der Waals surface area contributed by atoms with Crippen LogP contribution >= 0.6 is 0 Å². The van der Waals surface area contributed by atoms with Crippen LogP contribution in [0.1, 0.15) is 104 Å². The van der Waals surface area contributed by atoms with Crippen molar-refractivity contribution in [1.29, 1.82) is 0 Å². The molecule has 0 fully saturated rings. The van der Waals surface area contributed by atoms with E-state index in [-0.39, 0.29) is 29.0 Å². The Labute approximate surface area is 220 Å². The lowest BCUT2D eigenvalue weighted by atomic mass is 9.76. The summed E-state index contributed by atoms with van der Waals surface area (Å²) in [5, 5.41) is 19.1. The lowest BCUT2D eigenvalue weighted by Crippen LogP contribution is -2.27. The number of imidazole rings is 1. The van der Waals surface area contributed by atoms with Crippen LogP contribution in [0.5, 0.6) is 5.88 Å². The predicted octanol–water partition coefficient (Wildman–Crippen LogP) is 6.84. The van der Waals surface area contributed by atoms with Crippen molar-refractivity contribution in [2.45, 2.75) is 117 Å². The van der Waals surface area contributed by atoms with Crippen molar-refractivity contribution in [2.75, 3.05) is 19.8 Å². The minimum absolute atomic E-state index is 0.0362. The van der Waals surface area contributed by atoms with Crippen LogP contribution in [0.25, 0.3) is 0 Å². The molecule has 0 amide bonds. The number of aromatic nitrogens is 2. The molecular weight excluding hydrogens is 452 g/mol. The Morgan fingerprint density at radius 2 is 1.39 bits per heavy atom. The molecule has 0 aliphatic carbocycles. The van der Waals surface area contributed by atoms with Gasteiger partial charge in [0.05, 0.1) is 6.20 Å². The summed E-state index contributed by atoms with van der Waals surface area (Å²) in [4.78, 5) is 12.4. The van der Waals surface area contributed by atoms with E-state index >= 15 is 0 Å². The average Bonchev–Trinajstić information content (AvgIpc) is 3.18. The number of ether oxygens (including phenoxy) is 1. The molecular formula is C30H54N2O4. The number of allylic oxidation sites excluding steroid dienone is 2. The molecule has 1 aromatic rings. The lowest BCUT2D eigenvalue weighted by Gasteiger charge is -2.30. The number of aliphatic hydroxyl groups is 1. The monoisotopic (exact) mass is 506 g/mol. The molecule has 36 heavy (non-hydrogen) atoms. The van der Waals surface area contributed by atoms with Gasteiger partial charge in [-0.3, -0.25) is 9.13 Å². The quantitative estimate of drug-likeness (QED) is 0.126. The topological polar surface area (TPSA) is 76.6 Å². The molecule has 1 aromatic heterocycles. The second-order valence-corrected chi connectivity index (χ2v) is 10.4. The Kier molecular flexibility index (Phi) is 15.8. The Morgan fingerprint density at radius 1 is 0.861 bits per heavy atom. The molecule has 208 valence electrons. The first kappa shape index (κ1) is 32.2. The molecule has 2 atom stereocenters. The first-order chi connectivity index (χ1) is 17.4. The second-order valence-electron chi connectivity index (χ2n) is 10.4. The number of unbranched alkanes of at least 4 members (excludes halogenated alkanes) is 4. The van der Waals surface area contributed by atoms with Crippen molar-refractivity contribution >= 4 is 0 Å². The number of hydrogen-bond acceptors (Lipinski definition) is 4. The van der Waals surface area contributed by atoms with E-state index in [0.717, 1.165) is 96.7 Å². The van der Waals surface area contributed by atoms with Crippen molar-refractivity contribution in [3.63, 3.8) is 0 Å². The zero-order chi connectivity index (χ0) is 26.9. The molecule has 0 spiro atoms. The van der Waals surface area contributed by atoms with Gasteiger partial charge in [0.25, 0.3) is 0 Å². The van der Waals surface area contributed by atoms with E-state index in [1.165, 1.54) is 15.3 Å². The SMILES string of the molecule is C=CC(CC)(CCCCCO)CCCCOCCCCC(C=C)(CC)CCn1c(O)cn(CC)c1=O. The second kappa shape index (κ2) is 17.6. The lowest BCUT2D eigenvalue weighted by molar-refractivity contribution is 0.119. The summed E-state index contributed by atoms with van der Waals surface area (Å²) < 4.78 is 8.93. The molecule has 2 unspecified atom stereocenters. The van der Waals surface area contributed by atoms with E-state index < -0.39 is 0 Å². The Bertz CT molecular complexity index is 799. The highest BCUT2D eigenvalue weighted by atomic mass is 16.5. The van der Waals surface area contributed by atoms with E-state index in [1.54, 1.807) is 0 Å². The summed E-state index contributed by atoms with van der Waals surface area (Å²) in [6.45, 7) is 17.4. The van der Waals surface area contributed by atoms with E-state index in [4.69, 9.17) is 9.84 Å². The Hall–Kier alpha value is -1.79. The molecule has 0 radical (unpaired) electrons. The first-order valence-electron chi connectivity index (χ1n) is 14.3. The first-order valence-corrected chi connectivity index (χ1v) is 14.3. The summed E-state index contributed by atoms with van der Waals surface area (Å²) in [7, 11) is 0. The van der Waals surface area contributed by atoms with Gasteiger partial charge in [-0.15, -0.1) is 13.2 Å². The molecule has 0 saturated heterocycles. The van der Waals surface area contributed by atoms with E-state index in [9.17, 15) is 9.90 Å². The molecule has 6 nitrogen and oxygen atoms in total. The molecule has 0 aliphatic rings. The Morgan fingerprint density at radius 3 is 1.83 bits per heavy atom. The molecule has 0 aliphatic heterocycles. The molecule has 0 aromatic carbocycles. The van der Waals surface area contributed by atoms with Gasteiger partial charge >= 0.3 is 5.69 Å². The fourth-order valence-corrected chi connectivity index (χ4v) is 5.17. The van der Waals surface area contributed by atoms with Gasteiger partial charge in [-0.2, -0.15) is 0 Å². The molecule has 0 saturated carbocycles. The number of rotatable bonds is 23. The molecule has 0 bridgehead atoms. The van der Waals surface area contributed by atoms with Crippen LogP contribution < -0.4 is 5.69 Å². The van der Waals surface area contributed by atoms with Crippen LogP contribution in [0.4, 0.5) is 0 Å². The highest BCUT2D eigenvalue weighted by Gasteiger charge is 2.25. The van der Waals surface area contributed by atoms with Crippen LogP contribution in [0.2, 0.25) is 0 Å². The van der Waals surface area contributed by atoms with Crippen LogP contribution in [0.15, 0.2) is 36.3 Å². The van der Waals surface area contributed by atoms with Crippen LogP contribution in [-0.2, 0) is 17.8 Å². The van der Waals surface area contributed by atoms with Gasteiger partial charge in [0, 0.05) is 32.9 Å². The maximum absolute atomic E-state index is 12.4. The van der Waals surface area contributed by atoms with Gasteiger partial charge in [0.15, 0.2) is 0 Å². The highest BCUT2D eigenvalue weighted by Crippen LogP contribution is 2.36. The third-order valence-electron chi connectivity index (χ3n) is 8.23. The van der Waals surface area contributed by atoms with Gasteiger partial charge in [0.2, 0.25) is 5.88 Å². The fraction of sp³-hybridized carbons (Fsp3) is 0.767. The average molecular weight is 507 g/mol. The smallest absolute Gasteiger partial charge is 0.331 e. The molecule has 1 heterocycles. The molecule has 1 rings (SSSR count). The van der Waals surface area contributed by atoms with Crippen LogP contribution in [0, 0.1) is 10.8 Å². The summed E-state index contributed by atoms with van der Waals surface area (Å²) in [5.41, 5.74) is 0.0411. The summed E-state index contributed by atoms with van der Waals surface area (Å²) in [6, 6.07) is 0. The summed E-state index contributed by atoms with van der Waals surface area (Å²) >= 11 is 0. The van der Waals surface area contributed by atoms with E-state index in [1.807, 2.05) is 13.0 Å². The number of hydrogen-bond donors (Lipinski definition) is 2. The van der Waals surface area contributed by atoms with Crippen molar-refractivity contribution in [2.24, 2.45) is 10.8 Å². The van der Waals surface area contributed by atoms with Gasteiger partial charge in [-0.1, -0.05) is 51.7 Å². The zero-order valence-corrected chi connectivity index (χ0v) is 23.5. The largest absolute Gasteiger partial charge is 0.493 e. The number of aromatic hydroxyl groups is 1. The summed E-state index contributed by atoms with van der Waals surface area (Å²) in [5.74, 6) is 0.0373. The van der Waals surface area contributed by atoms with E-state index in [2.05, 4.69) is 33.1 Å². The zero-order valence-electron chi connectivity index (χ0n) is 23.5. The number of aliphatic hydroxyl groups excluding tert-OH is 1. The van der Waals surface area contributed by atoms with Gasteiger partial charge in [-0.25, -0.2) is 4.79 Å². The number of aryl methyl sites for hydroxylation is 1. The van der Waals surface area contributed by atoms with E-state index in [0.29, 0.717) is 13.1 Å². The number of nitrogens with zero attached hydrogens (tertiary/aromatic N) is 2. The van der Waals surface area contributed by atoms with Crippen molar-refractivity contribution < 1.29 is 14.9 Å². The molecule has 6 heteroatoms. The van der Waals surface area contributed by atoms with Crippen molar-refractivity contribution in [3.8, 4) is 5.88 Å². The summed E-state index contributed by atoms with van der Waals surface area (Å²) in [6.07, 6.45) is 19.4. The predicted molar refractivity (Wildman–Crippen MR) is 151 cm³/mol. The van der Waals surface area contributed by atoms with Crippen molar-refractivity contribution in [3.05, 3.63) is 42.0 Å². The van der Waals surface area contributed by atoms with Crippen LogP contribution in [-0.4, -0.2) is 39.2 Å². The maximum Gasteiger partial charge on any atom is 0.331 e. The van der Waals surface area contributed by atoms with Crippen LogP contribution in [0.3, 0.4) is 0 Å². The van der Waals surface area contributed by atoms with Gasteiger partial charge in [0.1, 0.15) is 0 Å². The van der Waals surface area contributed by atoms with Gasteiger partial charge in [-0.05, 0) is 75.5 Å². The Balaban J connectivity index is 2.32. The van der Waals surface area contributed by atoms with Gasteiger partial charge < -0.3 is 14.9 Å². The standard InChI is InChI=1S/C30H54N2O4/c1-6-29(7-2,18-12-11-15-23-33)19-13-16-24-36-25-17-14-20-30(8-3,9-4)21-22-32-27(34)26-31(10-5)28(32)35/h6,8,26,33-34H,1,3,7,9-25H2,2,4-5H3. The fourth-order valence-electron chi connectivity index (χ4n) is 5.17. The third-order valence-corrected chi connectivity index (χ3v) is 8.23. The minimum Gasteiger partial charge on any atom is -0.493 e. The van der Waals surface area contributed by atoms with Crippen molar-refractivity contribution in [1.82, 2.24) is 9.13 Å².